The van der Waals surface area contributed by atoms with Gasteiger partial charge in [-0.1, -0.05) is 20.8 Å². The normalized spacial score (nSPS) is 18.8. The predicted molar refractivity (Wildman–Crippen MR) is 93.2 cm³/mol. The lowest BCUT2D eigenvalue weighted by atomic mass is 9.94. The van der Waals surface area contributed by atoms with Crippen molar-refractivity contribution in [2.45, 2.75) is 51.7 Å². The molecule has 0 radical (unpaired) electrons. The van der Waals surface area contributed by atoms with E-state index in [4.69, 9.17) is 13.9 Å². The molecule has 1 saturated heterocycles. The zero-order valence-electron chi connectivity index (χ0n) is 15.2. The molecule has 0 amide bonds. The molecule has 1 aliphatic rings. The van der Waals surface area contributed by atoms with Crippen LogP contribution in [0.15, 0.2) is 15.6 Å². The van der Waals surface area contributed by atoms with Crippen LogP contribution in [0.4, 0.5) is 0 Å². The van der Waals surface area contributed by atoms with Gasteiger partial charge < -0.3 is 24.5 Å². The zero-order chi connectivity index (χ0) is 17.4. The van der Waals surface area contributed by atoms with E-state index in [1.54, 1.807) is 13.2 Å². The Bertz CT molecular complexity index is 516. The van der Waals surface area contributed by atoms with Gasteiger partial charge in [-0.05, 0) is 12.8 Å². The molecule has 1 fully saturated rings. The smallest absolute Gasteiger partial charge is 0.213 e. The molecule has 0 bridgehead atoms. The summed E-state index contributed by atoms with van der Waals surface area (Å²) >= 11 is 0. The van der Waals surface area contributed by atoms with Crippen molar-refractivity contribution in [2.75, 3.05) is 33.4 Å². The van der Waals surface area contributed by atoms with E-state index in [1.807, 2.05) is 0 Å². The predicted octanol–water partition coefficient (Wildman–Crippen LogP) is 1.83. The minimum absolute atomic E-state index is 0.0322. The Labute approximate surface area is 144 Å². The molecule has 0 aromatic carbocycles. The quantitative estimate of drug-likeness (QED) is 0.448. The lowest BCUT2D eigenvalue weighted by molar-refractivity contribution is 0.0420. The maximum atomic E-state index is 5.75. The summed E-state index contributed by atoms with van der Waals surface area (Å²) in [7, 11) is 1.75. The van der Waals surface area contributed by atoms with E-state index in [0.717, 1.165) is 50.9 Å². The van der Waals surface area contributed by atoms with Crippen molar-refractivity contribution in [3.05, 3.63) is 17.8 Å². The van der Waals surface area contributed by atoms with Crippen LogP contribution in [0.2, 0.25) is 0 Å². The van der Waals surface area contributed by atoms with Gasteiger partial charge in [0.2, 0.25) is 5.89 Å². The highest BCUT2D eigenvalue weighted by atomic mass is 16.5. The fourth-order valence-electron chi connectivity index (χ4n) is 2.29. The number of nitrogens with zero attached hydrogens (tertiary/aromatic N) is 2. The first-order valence-electron chi connectivity index (χ1n) is 8.58. The van der Waals surface area contributed by atoms with Crippen LogP contribution in [0.3, 0.4) is 0 Å². The molecule has 2 heterocycles. The van der Waals surface area contributed by atoms with Gasteiger partial charge in [0.1, 0.15) is 5.76 Å². The minimum atomic E-state index is -0.0322. The molecule has 7 heteroatoms. The van der Waals surface area contributed by atoms with E-state index in [0.29, 0.717) is 12.4 Å². The van der Waals surface area contributed by atoms with Crippen molar-refractivity contribution in [3.8, 4) is 0 Å². The molecule has 2 rings (SSSR count). The first-order chi connectivity index (χ1) is 11.5. The Kier molecular flexibility index (Phi) is 7.05. The third-order valence-corrected chi connectivity index (χ3v) is 3.78. The van der Waals surface area contributed by atoms with Gasteiger partial charge in [-0.15, -0.1) is 0 Å². The third-order valence-electron chi connectivity index (χ3n) is 3.78. The first-order valence-corrected chi connectivity index (χ1v) is 8.58. The lowest BCUT2D eigenvalue weighted by Crippen LogP contribution is -2.37. The molecular weight excluding hydrogens is 308 g/mol. The summed E-state index contributed by atoms with van der Waals surface area (Å²) in [6, 6.07) is 0. The van der Waals surface area contributed by atoms with Crippen molar-refractivity contribution in [3.63, 3.8) is 0 Å². The van der Waals surface area contributed by atoms with Gasteiger partial charge >= 0.3 is 0 Å². The average Bonchev–Trinajstić information content (AvgIpc) is 3.20. The summed E-state index contributed by atoms with van der Waals surface area (Å²) in [4.78, 5) is 8.50. The van der Waals surface area contributed by atoms with Crippen LogP contribution in [-0.4, -0.2) is 50.5 Å². The number of hydrogen-bond acceptors (Lipinski definition) is 5. The maximum absolute atomic E-state index is 5.75. The minimum Gasteiger partial charge on any atom is -0.443 e. The molecule has 7 nitrogen and oxygen atoms in total. The number of aromatic nitrogens is 1. The SMILES string of the molecule is CN=C(NCCCOC1CCOC1)NCc1ncc(C(C)(C)C)o1. The second kappa shape index (κ2) is 9.03. The van der Waals surface area contributed by atoms with Gasteiger partial charge in [-0.3, -0.25) is 4.99 Å². The highest BCUT2D eigenvalue weighted by Crippen LogP contribution is 2.22. The summed E-state index contributed by atoms with van der Waals surface area (Å²) in [5.74, 6) is 2.28. The number of oxazole rings is 1. The molecule has 136 valence electrons. The van der Waals surface area contributed by atoms with E-state index in [1.165, 1.54) is 0 Å². The van der Waals surface area contributed by atoms with Crippen LogP contribution >= 0.6 is 0 Å². The van der Waals surface area contributed by atoms with Gasteiger partial charge in [-0.25, -0.2) is 4.98 Å². The highest BCUT2D eigenvalue weighted by Gasteiger charge is 2.19. The standard InChI is InChI=1S/C17H30N4O3/c1-17(2,3)14-10-20-15(24-14)11-21-16(18-4)19-7-5-8-23-13-6-9-22-12-13/h10,13H,5-9,11-12H2,1-4H3,(H2,18,19,21). The van der Waals surface area contributed by atoms with E-state index in [2.05, 4.69) is 41.4 Å². The van der Waals surface area contributed by atoms with Crippen LogP contribution < -0.4 is 10.6 Å². The van der Waals surface area contributed by atoms with Crippen molar-refractivity contribution in [1.29, 1.82) is 0 Å². The third kappa shape index (κ3) is 6.13. The largest absolute Gasteiger partial charge is 0.443 e. The summed E-state index contributed by atoms with van der Waals surface area (Å²) in [6.45, 7) is 9.88. The Balaban J connectivity index is 1.62. The molecule has 0 aliphatic carbocycles. The second-order valence-electron chi connectivity index (χ2n) is 6.93. The molecule has 0 saturated carbocycles. The molecule has 1 aliphatic heterocycles. The Morgan fingerprint density at radius 3 is 2.88 bits per heavy atom. The molecule has 1 aromatic rings. The maximum Gasteiger partial charge on any atom is 0.213 e. The summed E-state index contributed by atoms with van der Waals surface area (Å²) in [5, 5.41) is 6.46. The molecular formula is C17H30N4O3. The number of nitrogens with one attached hydrogen (secondary N) is 2. The van der Waals surface area contributed by atoms with Crippen LogP contribution in [0.25, 0.3) is 0 Å². The molecule has 24 heavy (non-hydrogen) atoms. The van der Waals surface area contributed by atoms with Crippen LogP contribution in [0, 0.1) is 0 Å². The number of ether oxygens (including phenoxy) is 2. The topological polar surface area (TPSA) is 80.9 Å². The number of hydrogen-bond donors (Lipinski definition) is 2. The molecule has 1 aromatic heterocycles. The fraction of sp³-hybridized carbons (Fsp3) is 0.765. The fourth-order valence-corrected chi connectivity index (χ4v) is 2.29. The van der Waals surface area contributed by atoms with Crippen LogP contribution in [-0.2, 0) is 21.4 Å². The van der Waals surface area contributed by atoms with E-state index >= 15 is 0 Å². The van der Waals surface area contributed by atoms with Crippen molar-refractivity contribution in [2.24, 2.45) is 4.99 Å². The molecule has 1 unspecified atom stereocenters. The van der Waals surface area contributed by atoms with Gasteiger partial charge in [0.05, 0.1) is 25.5 Å². The van der Waals surface area contributed by atoms with Crippen LogP contribution in [0.5, 0.6) is 0 Å². The summed E-state index contributed by atoms with van der Waals surface area (Å²) in [5.41, 5.74) is -0.0322. The van der Waals surface area contributed by atoms with Gasteiger partial charge in [0.25, 0.3) is 0 Å². The number of guanidine groups is 1. The number of aliphatic imine (C=N–C) groups is 1. The first kappa shape index (κ1) is 18.7. The van der Waals surface area contributed by atoms with Gasteiger partial charge in [0.15, 0.2) is 5.96 Å². The second-order valence-corrected chi connectivity index (χ2v) is 6.93. The van der Waals surface area contributed by atoms with Crippen LogP contribution in [0.1, 0.15) is 45.3 Å². The molecule has 2 N–H and O–H groups in total. The van der Waals surface area contributed by atoms with Crippen molar-refractivity contribution in [1.82, 2.24) is 15.6 Å². The lowest BCUT2D eigenvalue weighted by Gasteiger charge is -2.14. The summed E-state index contributed by atoms with van der Waals surface area (Å²) in [6.07, 6.45) is 3.98. The monoisotopic (exact) mass is 338 g/mol. The van der Waals surface area contributed by atoms with Crippen molar-refractivity contribution >= 4 is 5.96 Å². The highest BCUT2D eigenvalue weighted by molar-refractivity contribution is 5.79. The van der Waals surface area contributed by atoms with E-state index in [9.17, 15) is 0 Å². The number of rotatable bonds is 7. The van der Waals surface area contributed by atoms with Gasteiger partial charge in [0, 0.05) is 32.2 Å². The van der Waals surface area contributed by atoms with Crippen molar-refractivity contribution < 1.29 is 13.9 Å². The molecule has 1 atom stereocenters. The Morgan fingerprint density at radius 1 is 1.42 bits per heavy atom. The Morgan fingerprint density at radius 2 is 2.25 bits per heavy atom. The zero-order valence-corrected chi connectivity index (χ0v) is 15.2. The average molecular weight is 338 g/mol. The van der Waals surface area contributed by atoms with E-state index < -0.39 is 0 Å². The Hall–Kier alpha value is -1.60. The van der Waals surface area contributed by atoms with E-state index in [-0.39, 0.29) is 11.5 Å². The van der Waals surface area contributed by atoms with Gasteiger partial charge in [-0.2, -0.15) is 0 Å². The molecule has 0 spiro atoms. The summed E-state index contributed by atoms with van der Waals surface area (Å²) < 4.78 is 16.8.